The van der Waals surface area contributed by atoms with Gasteiger partial charge in [-0.15, -0.1) is 11.3 Å². The lowest BCUT2D eigenvalue weighted by molar-refractivity contribution is 0.563. The van der Waals surface area contributed by atoms with E-state index in [0.717, 1.165) is 15.8 Å². The smallest absolute Gasteiger partial charge is 0.346 e. The molecule has 0 amide bonds. The van der Waals surface area contributed by atoms with Crippen LogP contribution in [0.15, 0.2) is 39.7 Å². The van der Waals surface area contributed by atoms with Crippen LogP contribution in [-0.4, -0.2) is 4.98 Å². The van der Waals surface area contributed by atoms with Crippen LogP contribution >= 0.6 is 11.3 Å². The largest absolute Gasteiger partial charge is 0.422 e. The minimum Gasteiger partial charge on any atom is -0.422 e. The van der Waals surface area contributed by atoms with Crippen molar-refractivity contribution in [3.63, 3.8) is 0 Å². The van der Waals surface area contributed by atoms with Crippen molar-refractivity contribution in [2.45, 2.75) is 27.7 Å². The van der Waals surface area contributed by atoms with Crippen molar-refractivity contribution in [1.29, 1.82) is 0 Å². The minimum atomic E-state index is -0.331. The molecule has 3 rings (SSSR count). The number of nitrogens with zero attached hydrogens (tertiary/aromatic N) is 1. The van der Waals surface area contributed by atoms with Gasteiger partial charge in [0.15, 0.2) is 0 Å². The van der Waals surface area contributed by atoms with E-state index in [0.29, 0.717) is 16.2 Å². The van der Waals surface area contributed by atoms with E-state index >= 15 is 0 Å². The van der Waals surface area contributed by atoms with Crippen LogP contribution in [0.1, 0.15) is 24.3 Å². The molecule has 0 aliphatic carbocycles. The van der Waals surface area contributed by atoms with E-state index in [1.54, 1.807) is 6.20 Å². The summed E-state index contributed by atoms with van der Waals surface area (Å²) in [4.78, 5) is 17.3. The Kier molecular flexibility index (Phi) is 4.35. The van der Waals surface area contributed by atoms with Crippen LogP contribution < -0.4 is 5.63 Å². The van der Waals surface area contributed by atoms with Crippen molar-refractivity contribution in [2.24, 2.45) is 0 Å². The van der Waals surface area contributed by atoms with Gasteiger partial charge in [-0.2, -0.15) is 0 Å². The fourth-order valence-corrected chi connectivity index (χ4v) is 2.61. The Balaban J connectivity index is 0.000000704. The van der Waals surface area contributed by atoms with Crippen LogP contribution in [0.5, 0.6) is 0 Å². The van der Waals surface area contributed by atoms with Gasteiger partial charge < -0.3 is 4.42 Å². The molecular formula is C16H17NO2S. The van der Waals surface area contributed by atoms with Crippen molar-refractivity contribution < 1.29 is 4.42 Å². The topological polar surface area (TPSA) is 43.1 Å². The molecule has 0 radical (unpaired) electrons. The molecule has 2 heterocycles. The summed E-state index contributed by atoms with van der Waals surface area (Å²) in [7, 11) is 0. The summed E-state index contributed by atoms with van der Waals surface area (Å²) in [5, 5.41) is 1.63. The Morgan fingerprint density at radius 3 is 2.55 bits per heavy atom. The molecule has 3 nitrogen and oxygen atoms in total. The minimum absolute atomic E-state index is 0.331. The highest BCUT2D eigenvalue weighted by Gasteiger charge is 2.10. The van der Waals surface area contributed by atoms with Gasteiger partial charge in [0, 0.05) is 16.5 Å². The first-order valence-corrected chi connectivity index (χ1v) is 7.42. The molecule has 0 fully saturated rings. The van der Waals surface area contributed by atoms with E-state index in [9.17, 15) is 4.79 Å². The molecule has 104 valence electrons. The number of thiazole rings is 1. The zero-order valence-corrected chi connectivity index (χ0v) is 12.9. The predicted molar refractivity (Wildman–Crippen MR) is 84.4 cm³/mol. The molecule has 0 saturated carbocycles. The second-order valence-corrected chi connectivity index (χ2v) is 5.50. The van der Waals surface area contributed by atoms with Crippen LogP contribution in [0.2, 0.25) is 0 Å². The summed E-state index contributed by atoms with van der Waals surface area (Å²) >= 11 is 1.50. The van der Waals surface area contributed by atoms with Crippen LogP contribution in [0.25, 0.3) is 21.5 Å². The lowest BCUT2D eigenvalue weighted by Crippen LogP contribution is -2.02. The van der Waals surface area contributed by atoms with Gasteiger partial charge in [-0.05, 0) is 31.5 Å². The van der Waals surface area contributed by atoms with Gasteiger partial charge in [-0.25, -0.2) is 9.78 Å². The predicted octanol–water partition coefficient (Wildman–Crippen LogP) is 4.56. The molecule has 0 spiro atoms. The van der Waals surface area contributed by atoms with E-state index in [2.05, 4.69) is 4.98 Å². The first kappa shape index (κ1) is 14.5. The van der Waals surface area contributed by atoms with Crippen molar-refractivity contribution in [1.82, 2.24) is 4.98 Å². The van der Waals surface area contributed by atoms with Gasteiger partial charge in [0.25, 0.3) is 0 Å². The lowest BCUT2D eigenvalue weighted by atomic mass is 10.1. The molecule has 4 heteroatoms. The normalized spacial score (nSPS) is 10.2. The molecule has 3 aromatic rings. The Morgan fingerprint density at radius 2 is 1.90 bits per heavy atom. The molecule has 0 N–H and O–H groups in total. The molecule has 1 aromatic carbocycles. The van der Waals surface area contributed by atoms with E-state index < -0.39 is 0 Å². The molecule has 0 bridgehead atoms. The third-order valence-corrected chi connectivity index (χ3v) is 3.69. The summed E-state index contributed by atoms with van der Waals surface area (Å²) in [6, 6.07) is 7.67. The molecule has 0 aliphatic heterocycles. The number of benzene rings is 1. The zero-order valence-electron chi connectivity index (χ0n) is 12.1. The summed E-state index contributed by atoms with van der Waals surface area (Å²) in [5.74, 6) is 0. The quantitative estimate of drug-likeness (QED) is 0.616. The standard InChI is InChI=1S/C14H11NO2S.C2H6/c1-8-3-4-10-6-11(13-15-7-9(2)18-13)14(16)17-12(10)5-8;1-2/h3-7H,1-2H3;1-2H3. The van der Waals surface area contributed by atoms with Crippen molar-refractivity contribution in [2.75, 3.05) is 0 Å². The first-order valence-electron chi connectivity index (χ1n) is 6.61. The van der Waals surface area contributed by atoms with Gasteiger partial charge in [0.1, 0.15) is 10.6 Å². The SMILES string of the molecule is CC.Cc1ccc2cc(-c3ncc(C)s3)c(=O)oc2c1. The maximum atomic E-state index is 12.0. The zero-order chi connectivity index (χ0) is 14.7. The molecule has 0 atom stereocenters. The van der Waals surface area contributed by atoms with Crippen LogP contribution in [0.3, 0.4) is 0 Å². The van der Waals surface area contributed by atoms with E-state index in [4.69, 9.17) is 4.42 Å². The Morgan fingerprint density at radius 1 is 1.15 bits per heavy atom. The summed E-state index contributed by atoms with van der Waals surface area (Å²) in [6.45, 7) is 7.94. The Hall–Kier alpha value is -1.94. The Labute approximate surface area is 121 Å². The van der Waals surface area contributed by atoms with Crippen LogP contribution in [0, 0.1) is 13.8 Å². The van der Waals surface area contributed by atoms with E-state index in [1.807, 2.05) is 52.0 Å². The molecule has 0 unspecified atom stereocenters. The molecule has 20 heavy (non-hydrogen) atoms. The van der Waals surface area contributed by atoms with Crippen molar-refractivity contribution in [3.8, 4) is 10.6 Å². The third-order valence-electron chi connectivity index (χ3n) is 2.74. The number of fused-ring (bicyclic) bond motifs is 1. The number of hydrogen-bond donors (Lipinski definition) is 0. The highest BCUT2D eigenvalue weighted by Crippen LogP contribution is 2.25. The highest BCUT2D eigenvalue weighted by atomic mass is 32.1. The average molecular weight is 287 g/mol. The Bertz CT molecular complexity index is 787. The lowest BCUT2D eigenvalue weighted by Gasteiger charge is -2.00. The summed E-state index contributed by atoms with van der Waals surface area (Å²) in [5.41, 5.74) is 1.90. The number of aromatic nitrogens is 1. The first-order chi connectivity index (χ1) is 9.63. The molecular weight excluding hydrogens is 270 g/mol. The fraction of sp³-hybridized carbons (Fsp3) is 0.250. The highest BCUT2D eigenvalue weighted by molar-refractivity contribution is 7.14. The monoisotopic (exact) mass is 287 g/mol. The maximum absolute atomic E-state index is 12.0. The average Bonchev–Trinajstić information content (AvgIpc) is 2.86. The van der Waals surface area contributed by atoms with Crippen molar-refractivity contribution >= 4 is 22.3 Å². The summed E-state index contributed by atoms with van der Waals surface area (Å²) in [6.07, 6.45) is 1.76. The van der Waals surface area contributed by atoms with Crippen molar-refractivity contribution in [3.05, 3.63) is 51.3 Å². The molecule has 0 aliphatic rings. The van der Waals surface area contributed by atoms with Gasteiger partial charge >= 0.3 is 5.63 Å². The van der Waals surface area contributed by atoms with E-state index in [1.165, 1.54) is 11.3 Å². The number of hydrogen-bond acceptors (Lipinski definition) is 4. The molecule has 2 aromatic heterocycles. The van der Waals surface area contributed by atoms with Gasteiger partial charge in [-0.1, -0.05) is 26.0 Å². The van der Waals surface area contributed by atoms with Gasteiger partial charge in [0.2, 0.25) is 0 Å². The van der Waals surface area contributed by atoms with Crippen LogP contribution in [0.4, 0.5) is 0 Å². The molecule has 0 saturated heterocycles. The number of rotatable bonds is 1. The maximum Gasteiger partial charge on any atom is 0.346 e. The van der Waals surface area contributed by atoms with Gasteiger partial charge in [0.05, 0.1) is 5.56 Å². The second kappa shape index (κ2) is 6.01. The van der Waals surface area contributed by atoms with E-state index in [-0.39, 0.29) is 5.63 Å². The fourth-order valence-electron chi connectivity index (χ4n) is 1.85. The second-order valence-electron chi connectivity index (χ2n) is 4.26. The number of aryl methyl sites for hydroxylation is 2. The van der Waals surface area contributed by atoms with Gasteiger partial charge in [-0.3, -0.25) is 0 Å². The third kappa shape index (κ3) is 2.80. The summed E-state index contributed by atoms with van der Waals surface area (Å²) < 4.78 is 5.35. The van der Waals surface area contributed by atoms with Crippen LogP contribution in [-0.2, 0) is 0 Å².